The molecule has 0 saturated carbocycles. The third-order valence-electron chi connectivity index (χ3n) is 6.48. The van der Waals surface area contributed by atoms with Crippen LogP contribution in [0.15, 0.2) is 58.6 Å². The number of nitriles is 1. The minimum atomic E-state index is 0.0570. The molecule has 8 nitrogen and oxygen atoms in total. The van der Waals surface area contributed by atoms with Crippen molar-refractivity contribution in [2.45, 2.75) is 47.1 Å². The number of amides is 1. The van der Waals surface area contributed by atoms with Gasteiger partial charge in [-0.05, 0) is 56.5 Å². The first-order valence-electron chi connectivity index (χ1n) is 12.5. The van der Waals surface area contributed by atoms with E-state index in [2.05, 4.69) is 31.7 Å². The third-order valence-corrected chi connectivity index (χ3v) is 6.48. The summed E-state index contributed by atoms with van der Waals surface area (Å²) in [6.07, 6.45) is 5.30. The van der Waals surface area contributed by atoms with Crippen molar-refractivity contribution in [3.63, 3.8) is 0 Å². The van der Waals surface area contributed by atoms with Gasteiger partial charge in [0.2, 0.25) is 5.91 Å². The van der Waals surface area contributed by atoms with Gasteiger partial charge < -0.3 is 14.5 Å². The zero-order valence-electron chi connectivity index (χ0n) is 22.0. The van der Waals surface area contributed by atoms with E-state index < -0.39 is 0 Å². The molecule has 1 aliphatic heterocycles. The maximum atomic E-state index is 13.2. The summed E-state index contributed by atoms with van der Waals surface area (Å²) in [5.74, 6) is 1.72. The number of hydrogen-bond donors (Lipinski definition) is 0. The molecule has 1 fully saturated rings. The van der Waals surface area contributed by atoms with Gasteiger partial charge >= 0.3 is 0 Å². The lowest BCUT2D eigenvalue weighted by Crippen LogP contribution is -2.49. The van der Waals surface area contributed by atoms with Crippen LogP contribution in [0.4, 0.5) is 0 Å². The van der Waals surface area contributed by atoms with Crippen molar-refractivity contribution in [3.05, 3.63) is 64.8 Å². The van der Waals surface area contributed by atoms with Crippen LogP contribution in [0.1, 0.15) is 45.4 Å². The molecule has 0 unspecified atom stereocenters. The summed E-state index contributed by atoms with van der Waals surface area (Å²) in [5, 5.41) is 13.9. The molecule has 0 spiro atoms. The Morgan fingerprint density at radius 2 is 1.92 bits per heavy atom. The number of piperazine rings is 1. The number of allylic oxidation sites excluding steroid dienone is 3. The average Bonchev–Trinajstić information content (AvgIpc) is 3.33. The standard InChI is InChI=1S/C28H36N6O2/c1-6-21(4)28(30-19-25(8-3)36-5)33-14-12-32(13-15-33)27(35)20-34-24(7-2)17-26(31-34)23-11-9-10-22(16-23)18-29/h8-11,16-17,19H,6-7,12-15,20H2,1-5H3/b25-8+,28-21?,30-19-. The molecule has 1 amide bonds. The largest absolute Gasteiger partial charge is 0.495 e. The van der Waals surface area contributed by atoms with Crippen molar-refractivity contribution in [1.29, 1.82) is 5.26 Å². The summed E-state index contributed by atoms with van der Waals surface area (Å²) in [6, 6.07) is 11.6. The maximum absolute atomic E-state index is 13.2. The van der Waals surface area contributed by atoms with Crippen LogP contribution in [0.5, 0.6) is 0 Å². The summed E-state index contributed by atoms with van der Waals surface area (Å²) < 4.78 is 7.11. The number of nitrogens with zero attached hydrogens (tertiary/aromatic N) is 6. The predicted octanol–water partition coefficient (Wildman–Crippen LogP) is 4.39. The molecule has 1 saturated heterocycles. The normalized spacial score (nSPS) is 15.2. The van der Waals surface area contributed by atoms with Crippen LogP contribution in [-0.2, 0) is 22.5 Å². The summed E-state index contributed by atoms with van der Waals surface area (Å²) >= 11 is 0. The fourth-order valence-corrected chi connectivity index (χ4v) is 4.15. The van der Waals surface area contributed by atoms with Crippen molar-refractivity contribution in [2.75, 3.05) is 33.3 Å². The van der Waals surface area contributed by atoms with Gasteiger partial charge in [0.1, 0.15) is 18.1 Å². The molecule has 0 aliphatic carbocycles. The summed E-state index contributed by atoms with van der Waals surface area (Å²) in [7, 11) is 1.64. The molecule has 3 rings (SSSR count). The molecule has 36 heavy (non-hydrogen) atoms. The van der Waals surface area contributed by atoms with E-state index >= 15 is 0 Å². The molecule has 0 N–H and O–H groups in total. The minimum absolute atomic E-state index is 0.0570. The van der Waals surface area contributed by atoms with Gasteiger partial charge in [-0.3, -0.25) is 9.48 Å². The fourth-order valence-electron chi connectivity index (χ4n) is 4.15. The fraction of sp³-hybridized carbons (Fsp3) is 0.429. The lowest BCUT2D eigenvalue weighted by molar-refractivity contribution is -0.133. The van der Waals surface area contributed by atoms with E-state index in [0.717, 1.165) is 54.5 Å². The highest BCUT2D eigenvalue weighted by Gasteiger charge is 2.24. The highest BCUT2D eigenvalue weighted by Crippen LogP contribution is 2.22. The van der Waals surface area contributed by atoms with Crippen molar-refractivity contribution in [2.24, 2.45) is 4.99 Å². The van der Waals surface area contributed by atoms with Gasteiger partial charge in [-0.25, -0.2) is 4.99 Å². The zero-order valence-corrected chi connectivity index (χ0v) is 22.0. The van der Waals surface area contributed by atoms with Gasteiger partial charge in [0, 0.05) is 37.4 Å². The average molecular weight is 489 g/mol. The first kappa shape index (κ1) is 26.7. The van der Waals surface area contributed by atoms with E-state index in [-0.39, 0.29) is 12.5 Å². The summed E-state index contributed by atoms with van der Waals surface area (Å²) in [6.45, 7) is 11.1. The number of rotatable bonds is 9. The van der Waals surface area contributed by atoms with E-state index in [1.165, 1.54) is 5.57 Å². The first-order chi connectivity index (χ1) is 17.4. The second-order valence-electron chi connectivity index (χ2n) is 8.70. The molecule has 0 radical (unpaired) electrons. The summed E-state index contributed by atoms with van der Waals surface area (Å²) in [5.41, 5.74) is 4.45. The van der Waals surface area contributed by atoms with Crippen LogP contribution in [0.3, 0.4) is 0 Å². The molecule has 190 valence electrons. The molecular weight excluding hydrogens is 452 g/mol. The zero-order chi connectivity index (χ0) is 26.1. The molecule has 8 heteroatoms. The first-order valence-corrected chi connectivity index (χ1v) is 12.5. The quantitative estimate of drug-likeness (QED) is 0.386. The lowest BCUT2D eigenvalue weighted by Gasteiger charge is -2.36. The number of methoxy groups -OCH3 is 1. The minimum Gasteiger partial charge on any atom is -0.495 e. The molecule has 1 aliphatic rings. The highest BCUT2D eigenvalue weighted by molar-refractivity contribution is 5.77. The van der Waals surface area contributed by atoms with Crippen LogP contribution in [0.25, 0.3) is 11.3 Å². The lowest BCUT2D eigenvalue weighted by atomic mass is 10.1. The van der Waals surface area contributed by atoms with E-state index in [1.807, 2.05) is 42.2 Å². The number of carbonyl (C=O) groups excluding carboxylic acids is 1. The monoisotopic (exact) mass is 488 g/mol. The summed E-state index contributed by atoms with van der Waals surface area (Å²) in [4.78, 5) is 22.0. The van der Waals surface area contributed by atoms with Crippen LogP contribution >= 0.6 is 0 Å². The SMILES string of the molecule is C/C=C(\C=N/C(=C(C)CC)N1CCN(C(=O)Cn2nc(-c3cccc(C#N)c3)cc2CC)CC1)OC. The molecule has 1 aromatic heterocycles. The Labute approximate surface area is 214 Å². The molecule has 0 atom stereocenters. The smallest absolute Gasteiger partial charge is 0.244 e. The van der Waals surface area contributed by atoms with Gasteiger partial charge in [-0.15, -0.1) is 0 Å². The number of carbonyl (C=O) groups is 1. The number of aliphatic imine (C=N–C) groups is 1. The molecular formula is C28H36N6O2. The Kier molecular flexibility index (Phi) is 9.46. The van der Waals surface area contributed by atoms with E-state index in [4.69, 9.17) is 14.8 Å². The number of hydrogen-bond acceptors (Lipinski definition) is 6. The van der Waals surface area contributed by atoms with E-state index in [0.29, 0.717) is 18.7 Å². The van der Waals surface area contributed by atoms with Crippen LogP contribution in [0.2, 0.25) is 0 Å². The van der Waals surface area contributed by atoms with Crippen LogP contribution in [-0.4, -0.2) is 65.0 Å². The molecule has 2 heterocycles. The Balaban J connectivity index is 1.68. The molecule has 0 bridgehead atoms. The van der Waals surface area contributed by atoms with E-state index in [1.54, 1.807) is 24.1 Å². The molecule has 1 aromatic carbocycles. The third kappa shape index (κ3) is 6.42. The number of aryl methyl sites for hydroxylation is 1. The van der Waals surface area contributed by atoms with Gasteiger partial charge in [-0.1, -0.05) is 26.0 Å². The van der Waals surface area contributed by atoms with Crippen molar-refractivity contribution < 1.29 is 9.53 Å². The van der Waals surface area contributed by atoms with Gasteiger partial charge in [0.05, 0.1) is 30.7 Å². The van der Waals surface area contributed by atoms with Gasteiger partial charge in [0.25, 0.3) is 0 Å². The topological polar surface area (TPSA) is 86.8 Å². The Bertz CT molecular complexity index is 1190. The molecule has 2 aromatic rings. The van der Waals surface area contributed by atoms with Gasteiger partial charge in [0.15, 0.2) is 0 Å². The second kappa shape index (κ2) is 12.7. The van der Waals surface area contributed by atoms with Gasteiger partial charge in [-0.2, -0.15) is 10.4 Å². The number of ether oxygens (including phenoxy) is 1. The Morgan fingerprint density at radius 1 is 1.19 bits per heavy atom. The Morgan fingerprint density at radius 3 is 2.53 bits per heavy atom. The highest BCUT2D eigenvalue weighted by atomic mass is 16.5. The number of benzene rings is 1. The second-order valence-corrected chi connectivity index (χ2v) is 8.70. The van der Waals surface area contributed by atoms with Crippen LogP contribution < -0.4 is 0 Å². The van der Waals surface area contributed by atoms with Crippen LogP contribution in [0, 0.1) is 11.3 Å². The maximum Gasteiger partial charge on any atom is 0.244 e. The van der Waals surface area contributed by atoms with E-state index in [9.17, 15) is 10.1 Å². The van der Waals surface area contributed by atoms with Crippen molar-refractivity contribution in [3.8, 4) is 17.3 Å². The predicted molar refractivity (Wildman–Crippen MR) is 142 cm³/mol. The Hall–Kier alpha value is -3.86. The van der Waals surface area contributed by atoms with Crippen molar-refractivity contribution in [1.82, 2.24) is 19.6 Å². The van der Waals surface area contributed by atoms with Crippen molar-refractivity contribution >= 4 is 12.1 Å². The number of aromatic nitrogens is 2.